The van der Waals surface area contributed by atoms with E-state index in [-0.39, 0.29) is 6.03 Å². The Kier molecular flexibility index (Phi) is 4.43. The molecule has 0 N–H and O–H groups in total. The zero-order chi connectivity index (χ0) is 11.4. The van der Waals surface area contributed by atoms with E-state index in [0.717, 1.165) is 24.9 Å². The normalized spacial score (nSPS) is 18.3. The lowest BCUT2D eigenvalue weighted by Crippen LogP contribution is -2.43. The number of amides is 2. The van der Waals surface area contributed by atoms with Gasteiger partial charge in [0.2, 0.25) is 0 Å². The molecule has 1 saturated heterocycles. The largest absolute Gasteiger partial charge is 0.331 e. The highest BCUT2D eigenvalue weighted by molar-refractivity contribution is 5.73. The third kappa shape index (κ3) is 3.73. The molecule has 1 heterocycles. The summed E-state index contributed by atoms with van der Waals surface area (Å²) in [5.41, 5.74) is 0. The van der Waals surface area contributed by atoms with Gasteiger partial charge in [0, 0.05) is 27.2 Å². The molecular weight excluding hydrogens is 188 g/mol. The lowest BCUT2D eigenvalue weighted by Gasteiger charge is -2.34. The van der Waals surface area contributed by atoms with Gasteiger partial charge in [0.25, 0.3) is 0 Å². The van der Waals surface area contributed by atoms with Gasteiger partial charge in [-0.25, -0.2) is 4.79 Å². The second-order valence-electron chi connectivity index (χ2n) is 5.24. The Morgan fingerprint density at radius 3 is 2.27 bits per heavy atom. The molecule has 88 valence electrons. The van der Waals surface area contributed by atoms with Crippen molar-refractivity contribution in [2.24, 2.45) is 11.8 Å². The summed E-state index contributed by atoms with van der Waals surface area (Å²) >= 11 is 0. The molecule has 0 aliphatic carbocycles. The van der Waals surface area contributed by atoms with Gasteiger partial charge in [0.05, 0.1) is 0 Å². The highest BCUT2D eigenvalue weighted by Gasteiger charge is 2.23. The third-order valence-electron chi connectivity index (χ3n) is 3.07. The predicted molar refractivity (Wildman–Crippen MR) is 62.8 cm³/mol. The summed E-state index contributed by atoms with van der Waals surface area (Å²) in [5, 5.41) is 0. The molecule has 0 atom stereocenters. The maximum absolute atomic E-state index is 11.7. The van der Waals surface area contributed by atoms with E-state index in [9.17, 15) is 4.79 Å². The number of rotatable bonds is 2. The first-order valence-corrected chi connectivity index (χ1v) is 5.97. The lowest BCUT2D eigenvalue weighted by atomic mass is 9.89. The van der Waals surface area contributed by atoms with Gasteiger partial charge in [-0.05, 0) is 31.1 Å². The van der Waals surface area contributed by atoms with E-state index < -0.39 is 0 Å². The molecule has 1 rings (SSSR count). The maximum atomic E-state index is 11.7. The number of piperidine rings is 1. The SMILES string of the molecule is CC(C)CC1CCN(C(=O)N(C)C)CC1. The highest BCUT2D eigenvalue weighted by Crippen LogP contribution is 2.24. The quantitative estimate of drug-likeness (QED) is 0.689. The van der Waals surface area contributed by atoms with E-state index in [1.54, 1.807) is 4.90 Å². The average molecular weight is 212 g/mol. The predicted octanol–water partition coefficient (Wildman–Crippen LogP) is 2.43. The summed E-state index contributed by atoms with van der Waals surface area (Å²) in [7, 11) is 3.64. The molecule has 3 heteroatoms. The number of carbonyl (C=O) groups is 1. The van der Waals surface area contributed by atoms with Gasteiger partial charge in [-0.3, -0.25) is 0 Å². The summed E-state index contributed by atoms with van der Waals surface area (Å²) in [4.78, 5) is 15.3. The number of likely N-dealkylation sites (tertiary alicyclic amines) is 1. The Morgan fingerprint density at radius 1 is 1.33 bits per heavy atom. The maximum Gasteiger partial charge on any atom is 0.319 e. The molecule has 2 amide bonds. The van der Waals surface area contributed by atoms with Gasteiger partial charge in [0.15, 0.2) is 0 Å². The van der Waals surface area contributed by atoms with E-state index in [1.165, 1.54) is 19.3 Å². The van der Waals surface area contributed by atoms with Crippen molar-refractivity contribution in [3.05, 3.63) is 0 Å². The van der Waals surface area contributed by atoms with Crippen molar-refractivity contribution in [1.82, 2.24) is 9.80 Å². The first kappa shape index (κ1) is 12.3. The second-order valence-corrected chi connectivity index (χ2v) is 5.24. The monoisotopic (exact) mass is 212 g/mol. The van der Waals surface area contributed by atoms with E-state index in [1.807, 2.05) is 19.0 Å². The van der Waals surface area contributed by atoms with Crippen LogP contribution < -0.4 is 0 Å². The number of hydrogen-bond donors (Lipinski definition) is 0. The summed E-state index contributed by atoms with van der Waals surface area (Å²) in [6, 6.07) is 0.165. The van der Waals surface area contributed by atoms with E-state index >= 15 is 0 Å². The molecule has 0 spiro atoms. The molecule has 1 fully saturated rings. The summed E-state index contributed by atoms with van der Waals surface area (Å²) in [6.45, 7) is 6.43. The molecule has 0 aromatic heterocycles. The number of nitrogens with zero attached hydrogens (tertiary/aromatic N) is 2. The molecule has 1 aliphatic rings. The Bertz CT molecular complexity index is 206. The Hall–Kier alpha value is -0.730. The van der Waals surface area contributed by atoms with Crippen molar-refractivity contribution in [3.8, 4) is 0 Å². The van der Waals surface area contributed by atoms with Crippen molar-refractivity contribution < 1.29 is 4.79 Å². The van der Waals surface area contributed by atoms with Crippen LogP contribution in [0.15, 0.2) is 0 Å². The fraction of sp³-hybridized carbons (Fsp3) is 0.917. The Labute approximate surface area is 93.4 Å². The highest BCUT2D eigenvalue weighted by atomic mass is 16.2. The Balaban J connectivity index is 2.32. The van der Waals surface area contributed by atoms with E-state index in [0.29, 0.717) is 0 Å². The molecule has 1 aliphatic heterocycles. The summed E-state index contributed by atoms with van der Waals surface area (Å²) in [5.74, 6) is 1.61. The van der Waals surface area contributed by atoms with E-state index in [2.05, 4.69) is 13.8 Å². The van der Waals surface area contributed by atoms with Crippen molar-refractivity contribution in [2.75, 3.05) is 27.2 Å². The smallest absolute Gasteiger partial charge is 0.319 e. The van der Waals surface area contributed by atoms with Crippen LogP contribution in [-0.4, -0.2) is 43.0 Å². The average Bonchev–Trinajstić information content (AvgIpc) is 2.17. The van der Waals surface area contributed by atoms with Crippen molar-refractivity contribution in [1.29, 1.82) is 0 Å². The molecule has 0 bridgehead atoms. The topological polar surface area (TPSA) is 23.6 Å². The van der Waals surface area contributed by atoms with Gasteiger partial charge < -0.3 is 9.80 Å². The first-order valence-electron chi connectivity index (χ1n) is 5.97. The minimum absolute atomic E-state index is 0.165. The van der Waals surface area contributed by atoms with E-state index in [4.69, 9.17) is 0 Å². The van der Waals surface area contributed by atoms with Gasteiger partial charge in [-0.15, -0.1) is 0 Å². The van der Waals surface area contributed by atoms with Crippen LogP contribution in [0.1, 0.15) is 33.1 Å². The second kappa shape index (κ2) is 5.38. The van der Waals surface area contributed by atoms with Crippen LogP contribution >= 0.6 is 0 Å². The molecule has 0 aromatic rings. The van der Waals surface area contributed by atoms with Crippen molar-refractivity contribution >= 4 is 6.03 Å². The molecule has 0 radical (unpaired) electrons. The fourth-order valence-electron chi connectivity index (χ4n) is 2.31. The molecule has 15 heavy (non-hydrogen) atoms. The van der Waals surface area contributed by atoms with Crippen molar-refractivity contribution in [3.63, 3.8) is 0 Å². The molecular formula is C12H24N2O. The Morgan fingerprint density at radius 2 is 1.87 bits per heavy atom. The van der Waals surface area contributed by atoms with Crippen LogP contribution in [0.5, 0.6) is 0 Å². The first-order chi connectivity index (χ1) is 7.00. The van der Waals surface area contributed by atoms with Crippen LogP contribution in [0.2, 0.25) is 0 Å². The van der Waals surface area contributed by atoms with Gasteiger partial charge in [0.1, 0.15) is 0 Å². The third-order valence-corrected chi connectivity index (χ3v) is 3.07. The molecule has 0 saturated carbocycles. The van der Waals surface area contributed by atoms with Gasteiger partial charge in [-0.1, -0.05) is 13.8 Å². The molecule has 3 nitrogen and oxygen atoms in total. The zero-order valence-electron chi connectivity index (χ0n) is 10.5. The fourth-order valence-corrected chi connectivity index (χ4v) is 2.31. The van der Waals surface area contributed by atoms with Crippen LogP contribution in [-0.2, 0) is 0 Å². The minimum Gasteiger partial charge on any atom is -0.331 e. The standard InChI is InChI=1S/C12H24N2O/c1-10(2)9-11-5-7-14(8-6-11)12(15)13(3)4/h10-11H,5-9H2,1-4H3. The van der Waals surface area contributed by atoms with Crippen LogP contribution in [0.25, 0.3) is 0 Å². The van der Waals surface area contributed by atoms with Crippen LogP contribution in [0, 0.1) is 11.8 Å². The van der Waals surface area contributed by atoms with Crippen LogP contribution in [0.4, 0.5) is 4.79 Å². The molecule has 0 aromatic carbocycles. The lowest BCUT2D eigenvalue weighted by molar-refractivity contribution is 0.142. The number of urea groups is 1. The van der Waals surface area contributed by atoms with Crippen molar-refractivity contribution in [2.45, 2.75) is 33.1 Å². The van der Waals surface area contributed by atoms with Crippen LogP contribution in [0.3, 0.4) is 0 Å². The van der Waals surface area contributed by atoms with Gasteiger partial charge in [-0.2, -0.15) is 0 Å². The molecule has 0 unspecified atom stereocenters. The summed E-state index contributed by atoms with van der Waals surface area (Å²) < 4.78 is 0. The summed E-state index contributed by atoms with van der Waals surface area (Å²) in [6.07, 6.45) is 3.67. The number of carbonyl (C=O) groups excluding carboxylic acids is 1. The van der Waals surface area contributed by atoms with Gasteiger partial charge >= 0.3 is 6.03 Å². The minimum atomic E-state index is 0.165. The zero-order valence-corrected chi connectivity index (χ0v) is 10.5. The number of hydrogen-bond acceptors (Lipinski definition) is 1.